The molecule has 29 heavy (non-hydrogen) atoms. The number of carbonyl (C=O) groups excluding carboxylic acids is 2. The molecule has 3 aromatic rings. The van der Waals surface area contributed by atoms with E-state index in [0.717, 1.165) is 30.6 Å². The van der Waals surface area contributed by atoms with Crippen molar-refractivity contribution in [1.82, 2.24) is 15.2 Å². The van der Waals surface area contributed by atoms with Gasteiger partial charge in [-0.1, -0.05) is 18.2 Å². The van der Waals surface area contributed by atoms with E-state index in [9.17, 15) is 9.59 Å². The molecule has 0 spiro atoms. The second kappa shape index (κ2) is 7.24. The Balaban J connectivity index is 1.06. The maximum Gasteiger partial charge on any atom is 0.321 e. The van der Waals surface area contributed by atoms with Gasteiger partial charge in [-0.25, -0.2) is 4.79 Å². The molecule has 1 aliphatic heterocycles. The maximum absolute atomic E-state index is 12.4. The summed E-state index contributed by atoms with van der Waals surface area (Å²) in [5, 5.41) is 6.75. The topological polar surface area (TPSA) is 87.5 Å². The molecule has 5 rings (SSSR count). The van der Waals surface area contributed by atoms with Gasteiger partial charge < -0.3 is 20.0 Å². The van der Waals surface area contributed by atoms with E-state index in [1.165, 1.54) is 0 Å². The molecule has 3 heterocycles. The number of nitrogens with one attached hydrogen (secondary N) is 2. The van der Waals surface area contributed by atoms with Crippen molar-refractivity contribution in [1.29, 1.82) is 0 Å². The molecule has 3 atom stereocenters. The first-order valence-electron chi connectivity index (χ1n) is 9.92. The van der Waals surface area contributed by atoms with Gasteiger partial charge >= 0.3 is 6.03 Å². The second-order valence-corrected chi connectivity index (χ2v) is 7.76. The highest BCUT2D eigenvalue weighted by Gasteiger charge is 2.55. The number of piperidine rings is 1. The molecule has 7 heteroatoms. The number of hydrogen-bond donors (Lipinski definition) is 2. The molecular weight excluding hydrogens is 368 g/mol. The van der Waals surface area contributed by atoms with Crippen molar-refractivity contribution in [3.8, 4) is 0 Å². The highest BCUT2D eigenvalue weighted by molar-refractivity contribution is 5.95. The van der Waals surface area contributed by atoms with Gasteiger partial charge in [0.2, 0.25) is 0 Å². The summed E-state index contributed by atoms with van der Waals surface area (Å²) >= 11 is 0. The molecule has 0 unspecified atom stereocenters. The smallest absolute Gasteiger partial charge is 0.321 e. The number of urea groups is 1. The molecule has 148 valence electrons. The lowest BCUT2D eigenvalue weighted by molar-refractivity contribution is 0.0926. The van der Waals surface area contributed by atoms with E-state index < -0.39 is 0 Å². The molecule has 1 saturated carbocycles. The Bertz CT molecular complexity index is 1000. The summed E-state index contributed by atoms with van der Waals surface area (Å²) < 4.78 is 5.54. The van der Waals surface area contributed by atoms with Crippen molar-refractivity contribution < 1.29 is 14.0 Å². The summed E-state index contributed by atoms with van der Waals surface area (Å²) in [6.07, 6.45) is 4.21. The molecule has 7 nitrogen and oxygen atoms in total. The monoisotopic (exact) mass is 390 g/mol. The number of para-hydroxylation sites is 1. The number of amides is 3. The summed E-state index contributed by atoms with van der Waals surface area (Å²) in [6, 6.07) is 13.0. The molecule has 0 bridgehead atoms. The third-order valence-corrected chi connectivity index (χ3v) is 5.99. The molecule has 1 saturated heterocycles. The third-order valence-electron chi connectivity index (χ3n) is 5.99. The van der Waals surface area contributed by atoms with E-state index in [-0.39, 0.29) is 11.9 Å². The van der Waals surface area contributed by atoms with Crippen LogP contribution < -0.4 is 10.6 Å². The zero-order valence-electron chi connectivity index (χ0n) is 15.9. The predicted molar refractivity (Wildman–Crippen MR) is 108 cm³/mol. The first kappa shape index (κ1) is 17.7. The van der Waals surface area contributed by atoms with Crippen LogP contribution >= 0.6 is 0 Å². The number of rotatable bonds is 5. The molecule has 2 aliphatic rings. The number of carbonyl (C=O) groups is 2. The van der Waals surface area contributed by atoms with E-state index in [0.29, 0.717) is 35.6 Å². The Labute approximate surface area is 168 Å². The van der Waals surface area contributed by atoms with Crippen LogP contribution in [0.3, 0.4) is 0 Å². The minimum Gasteiger partial charge on any atom is -0.449 e. The fourth-order valence-electron chi connectivity index (χ4n) is 4.40. The average Bonchev–Trinajstić information content (AvgIpc) is 3.11. The largest absolute Gasteiger partial charge is 0.449 e. The molecule has 3 amide bonds. The lowest BCUT2D eigenvalue weighted by atomic mass is 10.2. The van der Waals surface area contributed by atoms with Crippen LogP contribution in [0.4, 0.5) is 10.5 Å². The van der Waals surface area contributed by atoms with Gasteiger partial charge in [0.1, 0.15) is 0 Å². The Morgan fingerprint density at radius 2 is 1.93 bits per heavy atom. The van der Waals surface area contributed by atoms with Gasteiger partial charge in [-0.2, -0.15) is 0 Å². The molecule has 0 radical (unpaired) electrons. The van der Waals surface area contributed by atoms with Crippen molar-refractivity contribution >= 4 is 28.6 Å². The molecule has 1 aromatic carbocycles. The molecule has 2 aromatic heterocycles. The number of aromatic nitrogens is 1. The van der Waals surface area contributed by atoms with Crippen LogP contribution in [0, 0.1) is 17.8 Å². The lowest BCUT2D eigenvalue weighted by Crippen LogP contribution is -2.35. The van der Waals surface area contributed by atoms with E-state index in [4.69, 9.17) is 4.42 Å². The van der Waals surface area contributed by atoms with E-state index >= 15 is 0 Å². The summed E-state index contributed by atoms with van der Waals surface area (Å²) in [5.41, 5.74) is 1.43. The Hall–Kier alpha value is -3.35. The number of pyridine rings is 1. The van der Waals surface area contributed by atoms with Crippen LogP contribution in [-0.2, 0) is 0 Å². The number of likely N-dealkylation sites (tertiary alicyclic amines) is 1. The van der Waals surface area contributed by atoms with Gasteiger partial charge in [-0.05, 0) is 48.4 Å². The fraction of sp³-hybridized carbons (Fsp3) is 0.318. The molecule has 2 fully saturated rings. The second-order valence-electron chi connectivity index (χ2n) is 7.76. The van der Waals surface area contributed by atoms with E-state index in [2.05, 4.69) is 15.6 Å². The summed E-state index contributed by atoms with van der Waals surface area (Å²) in [4.78, 5) is 30.5. The van der Waals surface area contributed by atoms with Crippen LogP contribution in [0.5, 0.6) is 0 Å². The van der Waals surface area contributed by atoms with Crippen LogP contribution in [0.2, 0.25) is 0 Å². The van der Waals surface area contributed by atoms with Crippen LogP contribution in [-0.4, -0.2) is 41.5 Å². The predicted octanol–water partition coefficient (Wildman–Crippen LogP) is 3.36. The Kier molecular flexibility index (Phi) is 4.42. The van der Waals surface area contributed by atoms with Gasteiger partial charge in [-0.15, -0.1) is 0 Å². The zero-order valence-corrected chi connectivity index (χ0v) is 15.9. The molecule has 2 N–H and O–H groups in total. The zero-order chi connectivity index (χ0) is 19.8. The summed E-state index contributed by atoms with van der Waals surface area (Å²) in [5.74, 6) is 1.79. The van der Waals surface area contributed by atoms with Crippen molar-refractivity contribution in [3.63, 3.8) is 0 Å². The minimum atomic E-state index is -0.198. The number of nitrogens with zero attached hydrogens (tertiary/aromatic N) is 2. The van der Waals surface area contributed by atoms with E-state index in [1.54, 1.807) is 18.5 Å². The van der Waals surface area contributed by atoms with Crippen molar-refractivity contribution in [2.45, 2.75) is 6.42 Å². The minimum absolute atomic E-state index is 0.0326. The van der Waals surface area contributed by atoms with Crippen LogP contribution in [0.25, 0.3) is 11.0 Å². The molecular formula is C22H22N4O3. The highest BCUT2D eigenvalue weighted by Crippen LogP contribution is 2.53. The highest BCUT2D eigenvalue weighted by atomic mass is 16.3. The summed E-state index contributed by atoms with van der Waals surface area (Å²) in [7, 11) is 0. The lowest BCUT2D eigenvalue weighted by Gasteiger charge is -2.20. The number of anilines is 1. The van der Waals surface area contributed by atoms with Gasteiger partial charge in [0.05, 0.1) is 6.20 Å². The van der Waals surface area contributed by atoms with Crippen molar-refractivity contribution in [3.05, 3.63) is 60.6 Å². The first-order valence-corrected chi connectivity index (χ1v) is 9.92. The third kappa shape index (κ3) is 3.55. The number of furan rings is 1. The van der Waals surface area contributed by atoms with Gasteiger partial charge in [0.25, 0.3) is 5.91 Å². The fourth-order valence-corrected chi connectivity index (χ4v) is 4.40. The average molecular weight is 390 g/mol. The first-order chi connectivity index (χ1) is 14.2. The van der Waals surface area contributed by atoms with Crippen molar-refractivity contribution in [2.24, 2.45) is 17.8 Å². The molecule has 1 aliphatic carbocycles. The van der Waals surface area contributed by atoms with Crippen LogP contribution in [0.1, 0.15) is 17.0 Å². The van der Waals surface area contributed by atoms with Gasteiger partial charge in [-0.3, -0.25) is 9.78 Å². The maximum atomic E-state index is 12.4. The number of hydrogen-bond acceptors (Lipinski definition) is 4. The van der Waals surface area contributed by atoms with Crippen molar-refractivity contribution in [2.75, 3.05) is 25.0 Å². The standard InChI is InChI=1S/C22H22N4O3/c27-21(19-10-14-6-8-23-11-20(14)29-19)24-9-7-16-17-12-26(13-18(16)17)22(28)25-15-4-2-1-3-5-15/h1-6,8,10-11,16-18H,7,9,12-13H2,(H,24,27)(H,25,28)/t16-,17-,18+. The summed E-state index contributed by atoms with van der Waals surface area (Å²) in [6.45, 7) is 2.19. The Morgan fingerprint density at radius 1 is 1.14 bits per heavy atom. The van der Waals surface area contributed by atoms with Gasteiger partial charge in [0.15, 0.2) is 11.3 Å². The SMILES string of the molecule is O=C(NCC[C@@H]1[C@H]2CN(C(=O)Nc3ccccc3)C[C@@H]12)c1cc2ccncc2o1. The van der Waals surface area contributed by atoms with E-state index in [1.807, 2.05) is 41.3 Å². The number of fused-ring (bicyclic) bond motifs is 2. The quantitative estimate of drug-likeness (QED) is 0.699. The number of benzene rings is 1. The normalized spacial score (nSPS) is 22.3. The van der Waals surface area contributed by atoms with Gasteiger partial charge in [0, 0.05) is 36.9 Å². The Morgan fingerprint density at radius 3 is 2.69 bits per heavy atom. The van der Waals surface area contributed by atoms with Crippen LogP contribution in [0.15, 0.2) is 59.3 Å².